The predicted molar refractivity (Wildman–Crippen MR) is 76.7 cm³/mol. The first-order valence-corrected chi connectivity index (χ1v) is 7.07. The van der Waals surface area contributed by atoms with E-state index in [1.54, 1.807) is 11.3 Å². The van der Waals surface area contributed by atoms with E-state index >= 15 is 0 Å². The van der Waals surface area contributed by atoms with Gasteiger partial charge in [-0.15, -0.1) is 11.3 Å². The maximum atomic E-state index is 10.0. The van der Waals surface area contributed by atoms with E-state index in [9.17, 15) is 5.11 Å². The van der Waals surface area contributed by atoms with Crippen LogP contribution in [0, 0.1) is 0 Å². The van der Waals surface area contributed by atoms with Gasteiger partial charge in [0, 0.05) is 18.0 Å². The molecule has 0 aliphatic carbocycles. The zero-order chi connectivity index (χ0) is 12.8. The summed E-state index contributed by atoms with van der Waals surface area (Å²) >= 11 is 1.62. The Morgan fingerprint density at radius 1 is 1.17 bits per heavy atom. The van der Waals surface area contributed by atoms with Gasteiger partial charge in [0.2, 0.25) is 0 Å². The van der Waals surface area contributed by atoms with Crippen molar-refractivity contribution in [2.24, 2.45) is 0 Å². The highest BCUT2D eigenvalue weighted by Crippen LogP contribution is 2.21. The van der Waals surface area contributed by atoms with E-state index in [-0.39, 0.29) is 6.10 Å². The maximum absolute atomic E-state index is 10.0. The summed E-state index contributed by atoms with van der Waals surface area (Å²) < 4.78 is 0. The van der Waals surface area contributed by atoms with Gasteiger partial charge in [0.25, 0.3) is 0 Å². The summed E-state index contributed by atoms with van der Waals surface area (Å²) in [7, 11) is 2.09. The lowest BCUT2D eigenvalue weighted by Crippen LogP contribution is -2.20. The fraction of sp³-hybridized carbons (Fsp3) is 0.333. The normalized spacial score (nSPS) is 12.8. The van der Waals surface area contributed by atoms with E-state index in [0.717, 1.165) is 24.4 Å². The van der Waals surface area contributed by atoms with Crippen molar-refractivity contribution in [2.45, 2.75) is 19.1 Å². The molecule has 1 aromatic carbocycles. The summed E-state index contributed by atoms with van der Waals surface area (Å²) in [6.45, 7) is 1.83. The highest BCUT2D eigenvalue weighted by molar-refractivity contribution is 7.10. The first-order valence-electron chi connectivity index (χ1n) is 6.19. The van der Waals surface area contributed by atoms with Gasteiger partial charge in [-0.25, -0.2) is 0 Å². The molecule has 1 aromatic heterocycles. The molecule has 3 heteroatoms. The Labute approximate surface area is 113 Å². The van der Waals surface area contributed by atoms with E-state index in [4.69, 9.17) is 0 Å². The lowest BCUT2D eigenvalue weighted by Gasteiger charge is -2.18. The zero-order valence-corrected chi connectivity index (χ0v) is 11.4. The predicted octanol–water partition coefficient (Wildman–Crippen LogP) is 3.30. The van der Waals surface area contributed by atoms with Crippen molar-refractivity contribution in [1.29, 1.82) is 0 Å². The summed E-state index contributed by atoms with van der Waals surface area (Å²) in [5.74, 6) is 0. The fourth-order valence-electron chi connectivity index (χ4n) is 1.94. The molecule has 0 radical (unpaired) electrons. The number of aliphatic hydroxyl groups excluding tert-OH is 1. The minimum Gasteiger partial charge on any atom is -0.388 e. The van der Waals surface area contributed by atoms with Crippen LogP contribution in [0.3, 0.4) is 0 Å². The first-order chi connectivity index (χ1) is 8.75. The molecule has 1 N–H and O–H groups in total. The monoisotopic (exact) mass is 261 g/mol. The number of thiophene rings is 1. The molecular formula is C15H19NOS. The molecule has 2 aromatic rings. The molecule has 0 bridgehead atoms. The Morgan fingerprint density at radius 3 is 2.61 bits per heavy atom. The largest absolute Gasteiger partial charge is 0.388 e. The van der Waals surface area contributed by atoms with Crippen LogP contribution in [0.2, 0.25) is 0 Å². The Bertz CT molecular complexity index is 441. The van der Waals surface area contributed by atoms with Gasteiger partial charge in [-0.2, -0.15) is 0 Å². The van der Waals surface area contributed by atoms with Gasteiger partial charge in [-0.05, 0) is 30.5 Å². The maximum Gasteiger partial charge on any atom is 0.0894 e. The number of nitrogens with zero attached hydrogens (tertiary/aromatic N) is 1. The Kier molecular flexibility index (Phi) is 4.93. The van der Waals surface area contributed by atoms with Crippen molar-refractivity contribution in [3.05, 3.63) is 58.3 Å². The SMILES string of the molecule is CN(CCC(O)c1cccs1)Cc1ccccc1. The fourth-order valence-corrected chi connectivity index (χ4v) is 2.69. The second-order valence-electron chi connectivity index (χ2n) is 4.54. The van der Waals surface area contributed by atoms with E-state index < -0.39 is 0 Å². The lowest BCUT2D eigenvalue weighted by atomic mass is 10.2. The molecule has 0 aliphatic heterocycles. The highest BCUT2D eigenvalue weighted by Gasteiger charge is 2.09. The third kappa shape index (κ3) is 3.95. The van der Waals surface area contributed by atoms with E-state index in [2.05, 4.69) is 36.2 Å². The van der Waals surface area contributed by atoms with Crippen LogP contribution >= 0.6 is 11.3 Å². The number of benzene rings is 1. The third-order valence-corrected chi connectivity index (χ3v) is 3.92. The second-order valence-corrected chi connectivity index (χ2v) is 5.52. The zero-order valence-electron chi connectivity index (χ0n) is 10.6. The standard InChI is InChI=1S/C15H19NOS/c1-16(12-13-6-3-2-4-7-13)10-9-14(17)15-8-5-11-18-15/h2-8,11,14,17H,9-10,12H2,1H3. The molecule has 0 amide bonds. The summed E-state index contributed by atoms with van der Waals surface area (Å²) in [5, 5.41) is 12.0. The van der Waals surface area contributed by atoms with Gasteiger partial charge in [0.05, 0.1) is 6.10 Å². The van der Waals surface area contributed by atoms with E-state index in [1.807, 2.05) is 23.6 Å². The molecule has 2 nitrogen and oxygen atoms in total. The Morgan fingerprint density at radius 2 is 1.94 bits per heavy atom. The van der Waals surface area contributed by atoms with Crippen LogP contribution in [0.15, 0.2) is 47.8 Å². The summed E-state index contributed by atoms with van der Waals surface area (Å²) in [4.78, 5) is 3.30. The van der Waals surface area contributed by atoms with Gasteiger partial charge < -0.3 is 10.0 Å². The number of hydrogen-bond donors (Lipinski definition) is 1. The molecule has 1 heterocycles. The second kappa shape index (κ2) is 6.69. The van der Waals surface area contributed by atoms with Gasteiger partial charge in [-0.3, -0.25) is 0 Å². The van der Waals surface area contributed by atoms with E-state index in [1.165, 1.54) is 5.56 Å². The van der Waals surface area contributed by atoms with Crippen LogP contribution in [0.25, 0.3) is 0 Å². The van der Waals surface area contributed by atoms with Crippen molar-refractivity contribution >= 4 is 11.3 Å². The van der Waals surface area contributed by atoms with Crippen molar-refractivity contribution in [3.8, 4) is 0 Å². The molecule has 0 saturated heterocycles. The molecule has 0 aliphatic rings. The van der Waals surface area contributed by atoms with Gasteiger partial charge in [0.15, 0.2) is 0 Å². The highest BCUT2D eigenvalue weighted by atomic mass is 32.1. The Balaban J connectivity index is 1.77. The first kappa shape index (κ1) is 13.3. The molecule has 18 heavy (non-hydrogen) atoms. The quantitative estimate of drug-likeness (QED) is 0.862. The third-order valence-electron chi connectivity index (χ3n) is 2.95. The van der Waals surface area contributed by atoms with Crippen LogP contribution in [-0.2, 0) is 6.54 Å². The van der Waals surface area contributed by atoms with Crippen molar-refractivity contribution in [1.82, 2.24) is 4.90 Å². The lowest BCUT2D eigenvalue weighted by molar-refractivity contribution is 0.151. The van der Waals surface area contributed by atoms with Crippen LogP contribution in [0.5, 0.6) is 0 Å². The minimum atomic E-state index is -0.330. The summed E-state index contributed by atoms with van der Waals surface area (Å²) in [6, 6.07) is 14.4. The smallest absolute Gasteiger partial charge is 0.0894 e. The van der Waals surface area contributed by atoms with Gasteiger partial charge in [-0.1, -0.05) is 36.4 Å². The molecule has 1 atom stereocenters. The van der Waals surface area contributed by atoms with Crippen LogP contribution in [0.4, 0.5) is 0 Å². The van der Waals surface area contributed by atoms with Gasteiger partial charge >= 0.3 is 0 Å². The molecule has 2 rings (SSSR count). The molecule has 0 saturated carbocycles. The molecule has 0 fully saturated rings. The Hall–Kier alpha value is -1.16. The summed E-state index contributed by atoms with van der Waals surface area (Å²) in [5.41, 5.74) is 1.31. The molecular weight excluding hydrogens is 242 g/mol. The average molecular weight is 261 g/mol. The van der Waals surface area contributed by atoms with Crippen molar-refractivity contribution < 1.29 is 5.11 Å². The number of hydrogen-bond acceptors (Lipinski definition) is 3. The summed E-state index contributed by atoms with van der Waals surface area (Å²) in [6.07, 6.45) is 0.451. The van der Waals surface area contributed by atoms with Crippen LogP contribution in [0.1, 0.15) is 23.0 Å². The molecule has 96 valence electrons. The minimum absolute atomic E-state index is 0.330. The number of aliphatic hydroxyl groups is 1. The van der Waals surface area contributed by atoms with Crippen LogP contribution < -0.4 is 0 Å². The molecule has 0 spiro atoms. The van der Waals surface area contributed by atoms with Crippen LogP contribution in [-0.4, -0.2) is 23.6 Å². The molecule has 1 unspecified atom stereocenters. The topological polar surface area (TPSA) is 23.5 Å². The average Bonchev–Trinajstić information content (AvgIpc) is 2.91. The number of rotatable bonds is 6. The van der Waals surface area contributed by atoms with Gasteiger partial charge in [0.1, 0.15) is 0 Å². The van der Waals surface area contributed by atoms with Crippen molar-refractivity contribution in [2.75, 3.05) is 13.6 Å². The van der Waals surface area contributed by atoms with E-state index in [0.29, 0.717) is 0 Å². The van der Waals surface area contributed by atoms with Crippen molar-refractivity contribution in [3.63, 3.8) is 0 Å².